The lowest BCUT2D eigenvalue weighted by molar-refractivity contribution is 0.136. The van der Waals surface area contributed by atoms with Gasteiger partial charge in [0.05, 0.1) is 19.1 Å². The second kappa shape index (κ2) is 7.67. The van der Waals surface area contributed by atoms with Crippen LogP contribution in [0.1, 0.15) is 55.9 Å². The Morgan fingerprint density at radius 2 is 1.80 bits per heavy atom. The van der Waals surface area contributed by atoms with Gasteiger partial charge in [0.25, 0.3) is 0 Å². The van der Waals surface area contributed by atoms with Crippen molar-refractivity contribution in [3.05, 3.63) is 47.7 Å². The van der Waals surface area contributed by atoms with Gasteiger partial charge in [-0.25, -0.2) is 0 Å². The minimum Gasteiger partial charge on any atom is -0.424 e. The molecule has 0 amide bonds. The summed E-state index contributed by atoms with van der Waals surface area (Å²) in [5.74, 6) is 2.04. The van der Waals surface area contributed by atoms with Gasteiger partial charge in [-0.2, -0.15) is 0 Å². The van der Waals surface area contributed by atoms with E-state index in [1.54, 1.807) is 0 Å². The molecular weight excluding hydrogens is 314 g/mol. The molecule has 2 atom stereocenters. The van der Waals surface area contributed by atoms with Crippen molar-refractivity contribution in [3.63, 3.8) is 0 Å². The van der Waals surface area contributed by atoms with Gasteiger partial charge in [-0.3, -0.25) is 4.90 Å². The topological polar surface area (TPSA) is 62.4 Å². The standard InChI is InChI=1S/C20H27N3O2/c24-17-12-18(16-9-5-2-6-10-16)23(13-17)14-20-22-21-19(25-20)11-15-7-3-1-4-8-15/h1,3-4,7-8,16-18,24H,2,5-6,9-14H2/t17-,18-/m1/s1. The third-order valence-electron chi connectivity index (χ3n) is 5.67. The summed E-state index contributed by atoms with van der Waals surface area (Å²) in [6.45, 7) is 1.37. The molecular formula is C20H27N3O2. The number of β-amino-alcohol motifs (C(OH)–C–C–N with tert-alkyl or cyclic N) is 1. The molecule has 4 rings (SSSR count). The molecule has 1 aliphatic heterocycles. The molecule has 25 heavy (non-hydrogen) atoms. The van der Waals surface area contributed by atoms with Gasteiger partial charge in [0.15, 0.2) is 0 Å². The van der Waals surface area contributed by atoms with E-state index in [2.05, 4.69) is 27.2 Å². The number of rotatable bonds is 5. The van der Waals surface area contributed by atoms with Gasteiger partial charge in [-0.1, -0.05) is 49.6 Å². The summed E-state index contributed by atoms with van der Waals surface area (Å²) in [7, 11) is 0. The highest BCUT2D eigenvalue weighted by molar-refractivity contribution is 5.17. The van der Waals surface area contributed by atoms with Crippen LogP contribution < -0.4 is 0 Å². The number of nitrogens with zero attached hydrogens (tertiary/aromatic N) is 3. The predicted molar refractivity (Wildman–Crippen MR) is 94.9 cm³/mol. The molecule has 5 heteroatoms. The van der Waals surface area contributed by atoms with Gasteiger partial charge in [-0.05, 0) is 30.7 Å². The normalized spacial score (nSPS) is 25.5. The van der Waals surface area contributed by atoms with Gasteiger partial charge in [0.2, 0.25) is 11.8 Å². The van der Waals surface area contributed by atoms with Crippen molar-refractivity contribution in [1.29, 1.82) is 0 Å². The van der Waals surface area contributed by atoms with Crippen LogP contribution in [0.4, 0.5) is 0 Å². The molecule has 5 nitrogen and oxygen atoms in total. The van der Waals surface area contributed by atoms with Gasteiger partial charge in [0.1, 0.15) is 0 Å². The number of hydrogen-bond donors (Lipinski definition) is 1. The fourth-order valence-electron chi connectivity index (χ4n) is 4.47. The number of aliphatic hydroxyl groups is 1. The van der Waals surface area contributed by atoms with Gasteiger partial charge < -0.3 is 9.52 Å². The molecule has 1 aromatic heterocycles. The first-order valence-electron chi connectivity index (χ1n) is 9.55. The lowest BCUT2D eigenvalue weighted by Gasteiger charge is -2.33. The molecule has 1 N–H and O–H groups in total. The highest BCUT2D eigenvalue weighted by Gasteiger charge is 2.37. The van der Waals surface area contributed by atoms with Crippen molar-refractivity contribution in [2.45, 2.75) is 63.6 Å². The molecule has 2 aliphatic rings. The Morgan fingerprint density at radius 3 is 2.60 bits per heavy atom. The van der Waals surface area contributed by atoms with Crippen molar-refractivity contribution in [2.24, 2.45) is 5.92 Å². The van der Waals surface area contributed by atoms with Crippen molar-refractivity contribution in [2.75, 3.05) is 6.54 Å². The summed E-state index contributed by atoms with van der Waals surface area (Å²) in [5, 5.41) is 18.6. The zero-order valence-electron chi connectivity index (χ0n) is 14.7. The Morgan fingerprint density at radius 1 is 1.04 bits per heavy atom. The van der Waals surface area contributed by atoms with Gasteiger partial charge in [-0.15, -0.1) is 10.2 Å². The Kier molecular flexibility index (Phi) is 5.13. The van der Waals surface area contributed by atoms with Crippen LogP contribution in [0.15, 0.2) is 34.7 Å². The molecule has 2 fully saturated rings. The Balaban J connectivity index is 1.40. The fraction of sp³-hybridized carbons (Fsp3) is 0.600. The molecule has 0 unspecified atom stereocenters. The summed E-state index contributed by atoms with van der Waals surface area (Å²) >= 11 is 0. The van der Waals surface area contributed by atoms with Crippen LogP contribution in [0.25, 0.3) is 0 Å². The summed E-state index contributed by atoms with van der Waals surface area (Å²) in [6.07, 6.45) is 7.92. The molecule has 0 radical (unpaired) electrons. The van der Waals surface area contributed by atoms with Crippen LogP contribution >= 0.6 is 0 Å². The molecule has 1 aliphatic carbocycles. The van der Waals surface area contributed by atoms with Crippen LogP contribution in [-0.2, 0) is 13.0 Å². The third kappa shape index (κ3) is 4.10. The van der Waals surface area contributed by atoms with E-state index >= 15 is 0 Å². The van der Waals surface area contributed by atoms with Crippen LogP contribution in [-0.4, -0.2) is 38.9 Å². The van der Waals surface area contributed by atoms with Crippen molar-refractivity contribution >= 4 is 0 Å². The zero-order valence-corrected chi connectivity index (χ0v) is 14.7. The van der Waals surface area contributed by atoms with Crippen molar-refractivity contribution in [3.8, 4) is 0 Å². The Hall–Kier alpha value is -1.72. The Bertz CT molecular complexity index is 667. The third-order valence-corrected chi connectivity index (χ3v) is 5.67. The average molecular weight is 341 g/mol. The zero-order chi connectivity index (χ0) is 17.1. The van der Waals surface area contributed by atoms with Crippen LogP contribution in [0.3, 0.4) is 0 Å². The minimum absolute atomic E-state index is 0.223. The van der Waals surface area contributed by atoms with E-state index in [4.69, 9.17) is 4.42 Å². The maximum Gasteiger partial charge on any atom is 0.230 e. The first-order chi connectivity index (χ1) is 12.3. The molecule has 1 saturated heterocycles. The summed E-state index contributed by atoms with van der Waals surface area (Å²) in [6, 6.07) is 10.6. The molecule has 134 valence electrons. The van der Waals surface area contributed by atoms with E-state index in [-0.39, 0.29) is 6.10 Å². The summed E-state index contributed by atoms with van der Waals surface area (Å²) in [5.41, 5.74) is 1.18. The molecule has 0 bridgehead atoms. The highest BCUT2D eigenvalue weighted by Crippen LogP contribution is 2.35. The predicted octanol–water partition coefficient (Wildman–Crippen LogP) is 3.18. The van der Waals surface area contributed by atoms with Crippen LogP contribution in [0.5, 0.6) is 0 Å². The summed E-state index contributed by atoms with van der Waals surface area (Å²) < 4.78 is 5.87. The molecule has 0 spiro atoms. The van der Waals surface area contributed by atoms with Gasteiger partial charge in [0, 0.05) is 12.6 Å². The van der Waals surface area contributed by atoms with E-state index in [0.29, 0.717) is 36.7 Å². The van der Waals surface area contributed by atoms with Crippen LogP contribution in [0.2, 0.25) is 0 Å². The smallest absolute Gasteiger partial charge is 0.230 e. The molecule has 2 aromatic rings. The quantitative estimate of drug-likeness (QED) is 0.905. The monoisotopic (exact) mass is 341 g/mol. The fourth-order valence-corrected chi connectivity index (χ4v) is 4.47. The van der Waals surface area contributed by atoms with E-state index in [1.165, 1.54) is 37.7 Å². The molecule has 1 aromatic carbocycles. The van der Waals surface area contributed by atoms with E-state index < -0.39 is 0 Å². The second-order valence-electron chi connectivity index (χ2n) is 7.54. The van der Waals surface area contributed by atoms with Crippen molar-refractivity contribution in [1.82, 2.24) is 15.1 Å². The first kappa shape index (κ1) is 16.7. The summed E-state index contributed by atoms with van der Waals surface area (Å²) in [4.78, 5) is 2.36. The van der Waals surface area contributed by atoms with E-state index in [0.717, 1.165) is 13.0 Å². The number of aliphatic hydroxyl groups excluding tert-OH is 1. The first-order valence-corrected chi connectivity index (χ1v) is 9.55. The SMILES string of the molecule is O[C@@H]1C[C@H](C2CCCCC2)N(Cc2nnc(Cc3ccccc3)o2)C1. The lowest BCUT2D eigenvalue weighted by atomic mass is 9.83. The molecule has 1 saturated carbocycles. The van der Waals surface area contributed by atoms with Gasteiger partial charge >= 0.3 is 0 Å². The molecule has 2 heterocycles. The highest BCUT2D eigenvalue weighted by atomic mass is 16.4. The van der Waals surface area contributed by atoms with E-state index in [1.807, 2.05) is 18.2 Å². The van der Waals surface area contributed by atoms with E-state index in [9.17, 15) is 5.11 Å². The van der Waals surface area contributed by atoms with Crippen molar-refractivity contribution < 1.29 is 9.52 Å². The maximum absolute atomic E-state index is 10.2. The average Bonchev–Trinajstić information content (AvgIpc) is 3.23. The lowest BCUT2D eigenvalue weighted by Crippen LogP contribution is -2.36. The number of benzene rings is 1. The second-order valence-corrected chi connectivity index (χ2v) is 7.54. The number of hydrogen-bond acceptors (Lipinski definition) is 5. The maximum atomic E-state index is 10.2. The number of likely N-dealkylation sites (tertiary alicyclic amines) is 1. The van der Waals surface area contributed by atoms with Crippen LogP contribution in [0, 0.1) is 5.92 Å². The number of aromatic nitrogens is 2. The largest absolute Gasteiger partial charge is 0.424 e. The minimum atomic E-state index is -0.223. The Labute approximate surface area is 149 Å².